The number of aliphatic hydroxyl groups excluding tert-OH is 1. The van der Waals surface area contributed by atoms with Crippen molar-refractivity contribution in [3.63, 3.8) is 0 Å². The van der Waals surface area contributed by atoms with Crippen LogP contribution in [0.5, 0.6) is 0 Å². The van der Waals surface area contributed by atoms with E-state index in [1.54, 1.807) is 24.7 Å². The van der Waals surface area contributed by atoms with E-state index in [-0.39, 0.29) is 46.9 Å². The number of pyridine rings is 2. The number of nitrogens with zero attached hydrogens (tertiary/aromatic N) is 5. The standard InChI is InChI=1S/C38H44F2N6O2/c1-24(2)38(40)10-6-33-29(20-38)18-27-17-28(19-31(39)35(27)44-33)36(48)45-34(25-3-4-32(41-22-25)26-7-13-42-43-23-26)8-14-46-15-11-37(12-16-46)9-5-30(47)21-37/h3-4,7,13,17-19,22-24,30,34,47H,5-6,8-12,14-16,20-21H2,1-2H3,(H,45,48). The molecule has 4 aromatic rings. The van der Waals surface area contributed by atoms with Crippen LogP contribution in [-0.2, 0) is 12.8 Å². The Bertz CT molecular complexity index is 1780. The number of likely N-dealkylation sites (tertiary alicyclic amines) is 1. The predicted octanol–water partition coefficient (Wildman–Crippen LogP) is 6.57. The van der Waals surface area contributed by atoms with Gasteiger partial charge in [-0.05, 0) is 117 Å². The van der Waals surface area contributed by atoms with Crippen LogP contribution < -0.4 is 5.32 Å². The Morgan fingerprint density at radius 2 is 1.92 bits per heavy atom. The van der Waals surface area contributed by atoms with Gasteiger partial charge in [-0.2, -0.15) is 10.2 Å². The van der Waals surface area contributed by atoms with Crippen molar-refractivity contribution in [3.8, 4) is 11.3 Å². The van der Waals surface area contributed by atoms with Crippen LogP contribution in [0.3, 0.4) is 0 Å². The second kappa shape index (κ2) is 13.2. The molecule has 3 aliphatic rings. The zero-order valence-electron chi connectivity index (χ0n) is 27.8. The molecule has 2 N–H and O–H groups in total. The van der Waals surface area contributed by atoms with Crippen molar-refractivity contribution < 1.29 is 18.7 Å². The van der Waals surface area contributed by atoms with Crippen LogP contribution >= 0.6 is 0 Å². The van der Waals surface area contributed by atoms with Crippen LogP contribution in [-0.4, -0.2) is 67.5 Å². The Kier molecular flexibility index (Phi) is 8.98. The molecule has 48 heavy (non-hydrogen) atoms. The fourth-order valence-electron chi connectivity index (χ4n) is 8.03. The van der Waals surface area contributed by atoms with Gasteiger partial charge in [-0.1, -0.05) is 19.9 Å². The van der Waals surface area contributed by atoms with Gasteiger partial charge in [0.05, 0.1) is 30.2 Å². The number of halogens is 2. The van der Waals surface area contributed by atoms with Crippen molar-refractivity contribution in [1.82, 2.24) is 30.4 Å². The van der Waals surface area contributed by atoms with Crippen LogP contribution in [0.25, 0.3) is 22.2 Å². The molecule has 2 fully saturated rings. The largest absolute Gasteiger partial charge is 0.393 e. The molecule has 252 valence electrons. The Balaban J connectivity index is 1.11. The summed E-state index contributed by atoms with van der Waals surface area (Å²) in [5.74, 6) is -1.09. The second-order valence-electron chi connectivity index (χ2n) is 14.7. The lowest BCUT2D eigenvalue weighted by Crippen LogP contribution is -2.41. The second-order valence-corrected chi connectivity index (χ2v) is 14.7. The molecule has 0 bridgehead atoms. The van der Waals surface area contributed by atoms with Crippen LogP contribution in [0.15, 0.2) is 55.0 Å². The number of amides is 1. The van der Waals surface area contributed by atoms with Gasteiger partial charge in [0.1, 0.15) is 17.0 Å². The lowest BCUT2D eigenvalue weighted by atomic mass is 9.77. The topological polar surface area (TPSA) is 104 Å². The molecule has 1 saturated carbocycles. The van der Waals surface area contributed by atoms with Crippen molar-refractivity contribution in [1.29, 1.82) is 0 Å². The summed E-state index contributed by atoms with van der Waals surface area (Å²) in [7, 11) is 0. The molecule has 3 atom stereocenters. The first kappa shape index (κ1) is 32.6. The smallest absolute Gasteiger partial charge is 0.251 e. The molecular weight excluding hydrogens is 610 g/mol. The van der Waals surface area contributed by atoms with E-state index in [2.05, 4.69) is 30.4 Å². The Morgan fingerprint density at radius 3 is 2.60 bits per heavy atom. The maximum Gasteiger partial charge on any atom is 0.251 e. The average molecular weight is 655 g/mol. The van der Waals surface area contributed by atoms with E-state index in [0.717, 1.165) is 79.8 Å². The SMILES string of the molecule is CC(C)C1(F)CCc2nc3c(F)cc(C(=O)NC(CCN4CCC5(CCC(O)C5)CC4)c4ccc(-c5ccnnc5)nc4)cc3cc2C1. The first-order valence-electron chi connectivity index (χ1n) is 17.4. The average Bonchev–Trinajstić information content (AvgIpc) is 3.46. The summed E-state index contributed by atoms with van der Waals surface area (Å²) >= 11 is 0. The minimum absolute atomic E-state index is 0.140. The van der Waals surface area contributed by atoms with Crippen LogP contribution in [0.2, 0.25) is 0 Å². The molecule has 10 heteroatoms. The summed E-state index contributed by atoms with van der Waals surface area (Å²) in [6.45, 7) is 6.48. The number of carbonyl (C=O) groups is 1. The third-order valence-corrected chi connectivity index (χ3v) is 11.3. The highest BCUT2D eigenvalue weighted by Crippen LogP contribution is 2.46. The number of hydrogen-bond acceptors (Lipinski definition) is 7. The van der Waals surface area contributed by atoms with Gasteiger partial charge < -0.3 is 15.3 Å². The molecule has 4 heterocycles. The number of aryl methyl sites for hydroxylation is 1. The maximum atomic E-state index is 15.6. The van der Waals surface area contributed by atoms with Gasteiger partial charge in [0.25, 0.3) is 5.91 Å². The minimum atomic E-state index is -1.33. The molecule has 1 aliphatic heterocycles. The number of carbonyl (C=O) groups excluding carboxylic acids is 1. The lowest BCUT2D eigenvalue weighted by molar-refractivity contribution is 0.0820. The van der Waals surface area contributed by atoms with Crippen molar-refractivity contribution in [2.75, 3.05) is 19.6 Å². The van der Waals surface area contributed by atoms with Crippen molar-refractivity contribution in [3.05, 3.63) is 83.2 Å². The highest BCUT2D eigenvalue weighted by atomic mass is 19.1. The monoisotopic (exact) mass is 654 g/mol. The molecule has 3 aromatic heterocycles. The van der Waals surface area contributed by atoms with Crippen LogP contribution in [0, 0.1) is 17.2 Å². The third kappa shape index (κ3) is 6.69. The first-order valence-corrected chi connectivity index (χ1v) is 17.4. The number of alkyl halides is 1. The van der Waals surface area contributed by atoms with Crippen molar-refractivity contribution in [2.45, 2.75) is 89.4 Å². The van der Waals surface area contributed by atoms with Gasteiger partial charge in [-0.3, -0.25) is 9.78 Å². The van der Waals surface area contributed by atoms with E-state index in [9.17, 15) is 9.90 Å². The molecule has 7 rings (SSSR count). The van der Waals surface area contributed by atoms with E-state index in [1.807, 2.05) is 38.1 Å². The number of rotatable bonds is 8. The number of aromatic nitrogens is 4. The summed E-state index contributed by atoms with van der Waals surface area (Å²) in [6, 6.07) is 10.1. The van der Waals surface area contributed by atoms with Gasteiger partial charge in [0.15, 0.2) is 0 Å². The molecule has 1 amide bonds. The Morgan fingerprint density at radius 1 is 1.08 bits per heavy atom. The summed E-state index contributed by atoms with van der Waals surface area (Å²) < 4.78 is 31.1. The van der Waals surface area contributed by atoms with E-state index >= 15 is 8.78 Å². The Labute approximate surface area is 280 Å². The lowest BCUT2D eigenvalue weighted by Gasteiger charge is -2.39. The molecule has 3 unspecified atom stereocenters. The molecule has 1 aromatic carbocycles. The number of nitrogens with one attached hydrogen (secondary N) is 1. The van der Waals surface area contributed by atoms with E-state index in [1.165, 1.54) is 6.07 Å². The Hall–Kier alpha value is -3.89. The number of fused-ring (bicyclic) bond motifs is 2. The highest BCUT2D eigenvalue weighted by molar-refractivity contribution is 5.98. The normalized spacial score (nSPS) is 23.0. The molecule has 2 aliphatic carbocycles. The molecule has 1 spiro atoms. The van der Waals surface area contributed by atoms with Crippen molar-refractivity contribution >= 4 is 16.8 Å². The zero-order valence-corrected chi connectivity index (χ0v) is 27.8. The fourth-order valence-corrected chi connectivity index (χ4v) is 8.03. The van der Waals surface area contributed by atoms with E-state index in [4.69, 9.17) is 0 Å². The first-order chi connectivity index (χ1) is 23.1. The number of benzene rings is 1. The van der Waals surface area contributed by atoms with Gasteiger partial charge in [-0.25, -0.2) is 13.8 Å². The number of piperidine rings is 1. The molecule has 8 nitrogen and oxygen atoms in total. The third-order valence-electron chi connectivity index (χ3n) is 11.3. The maximum absolute atomic E-state index is 15.6. The van der Waals surface area contributed by atoms with Gasteiger partial charge >= 0.3 is 0 Å². The van der Waals surface area contributed by atoms with Crippen molar-refractivity contribution in [2.24, 2.45) is 11.3 Å². The van der Waals surface area contributed by atoms with Crippen LogP contribution in [0.4, 0.5) is 8.78 Å². The van der Waals surface area contributed by atoms with Gasteiger partial charge in [0.2, 0.25) is 0 Å². The molecular formula is C38H44F2N6O2. The summed E-state index contributed by atoms with van der Waals surface area (Å²) in [5.41, 5.74) is 3.31. The number of hydrogen-bond donors (Lipinski definition) is 2. The summed E-state index contributed by atoms with van der Waals surface area (Å²) in [5, 5.41) is 21.6. The fraction of sp³-hybridized carbons (Fsp3) is 0.500. The van der Waals surface area contributed by atoms with E-state index in [0.29, 0.717) is 24.6 Å². The number of aliphatic hydroxyl groups is 1. The predicted molar refractivity (Wildman–Crippen MR) is 180 cm³/mol. The zero-order chi connectivity index (χ0) is 33.5. The van der Waals surface area contributed by atoms with Gasteiger partial charge in [-0.15, -0.1) is 0 Å². The molecule has 1 saturated heterocycles. The van der Waals surface area contributed by atoms with Gasteiger partial charge in [0, 0.05) is 41.4 Å². The minimum Gasteiger partial charge on any atom is -0.393 e. The molecule has 0 radical (unpaired) electrons. The quantitative estimate of drug-likeness (QED) is 0.222. The summed E-state index contributed by atoms with van der Waals surface area (Å²) in [4.78, 5) is 25.5. The summed E-state index contributed by atoms with van der Waals surface area (Å²) in [6.07, 6.45) is 11.7. The van der Waals surface area contributed by atoms with E-state index < -0.39 is 11.5 Å². The highest BCUT2D eigenvalue weighted by Gasteiger charge is 2.41. The van der Waals surface area contributed by atoms with Crippen LogP contribution in [0.1, 0.15) is 92.0 Å².